The van der Waals surface area contributed by atoms with Gasteiger partial charge in [-0.05, 0) is 24.3 Å². The zero-order chi connectivity index (χ0) is 13.0. The fraction of sp³-hybridized carbons (Fsp3) is 0.0769. The second kappa shape index (κ2) is 4.94. The fourth-order valence-electron chi connectivity index (χ4n) is 1.44. The number of nitrogens with zero attached hydrogens (tertiary/aromatic N) is 5. The van der Waals surface area contributed by atoms with Gasteiger partial charge < -0.3 is 4.90 Å². The first-order valence-electron chi connectivity index (χ1n) is 5.20. The Bertz CT molecular complexity index is 559. The Morgan fingerprint density at radius 2 is 1.72 bits per heavy atom. The molecule has 0 N–H and O–H groups in total. The molecule has 86 valence electrons. The Hall–Kier alpha value is -2.92. The van der Waals surface area contributed by atoms with Crippen molar-refractivity contribution in [1.29, 1.82) is 10.5 Å². The minimum Gasteiger partial charge on any atom is -0.328 e. The molecule has 1 heterocycles. The van der Waals surface area contributed by atoms with Crippen molar-refractivity contribution in [3.63, 3.8) is 0 Å². The third-order valence-electron chi connectivity index (χ3n) is 2.48. The van der Waals surface area contributed by atoms with Crippen LogP contribution in [0, 0.1) is 22.7 Å². The largest absolute Gasteiger partial charge is 0.328 e. The van der Waals surface area contributed by atoms with Crippen LogP contribution in [0.25, 0.3) is 0 Å². The van der Waals surface area contributed by atoms with Crippen molar-refractivity contribution < 1.29 is 0 Å². The van der Waals surface area contributed by atoms with Crippen LogP contribution in [0.3, 0.4) is 0 Å². The summed E-state index contributed by atoms with van der Waals surface area (Å²) in [5.41, 5.74) is 1.79. The van der Waals surface area contributed by atoms with E-state index in [1.54, 1.807) is 12.1 Å². The van der Waals surface area contributed by atoms with Gasteiger partial charge in [-0.2, -0.15) is 10.5 Å². The molecular formula is C13H9N5. The Morgan fingerprint density at radius 3 is 2.22 bits per heavy atom. The molecule has 2 aromatic rings. The molecule has 0 fully saturated rings. The molecule has 0 saturated heterocycles. The van der Waals surface area contributed by atoms with E-state index >= 15 is 0 Å². The number of hydrogen-bond donors (Lipinski definition) is 0. The lowest BCUT2D eigenvalue weighted by Gasteiger charge is -2.17. The first kappa shape index (κ1) is 11.6. The van der Waals surface area contributed by atoms with Gasteiger partial charge in [0.25, 0.3) is 0 Å². The van der Waals surface area contributed by atoms with E-state index in [4.69, 9.17) is 10.5 Å². The Morgan fingerprint density at radius 1 is 1.00 bits per heavy atom. The van der Waals surface area contributed by atoms with Gasteiger partial charge in [0.1, 0.15) is 6.07 Å². The number of nitriles is 2. The molecule has 0 amide bonds. The van der Waals surface area contributed by atoms with Crippen molar-refractivity contribution in [2.45, 2.75) is 0 Å². The van der Waals surface area contributed by atoms with Crippen LogP contribution < -0.4 is 4.90 Å². The molecule has 18 heavy (non-hydrogen) atoms. The molecule has 0 radical (unpaired) electrons. The minimum absolute atomic E-state index is 0.284. The molecule has 0 atom stereocenters. The third-order valence-corrected chi connectivity index (χ3v) is 2.48. The maximum atomic E-state index is 8.73. The van der Waals surface area contributed by atoms with E-state index in [9.17, 15) is 0 Å². The lowest BCUT2D eigenvalue weighted by atomic mass is 10.2. The quantitative estimate of drug-likeness (QED) is 0.795. The van der Waals surface area contributed by atoms with Crippen LogP contribution in [0.1, 0.15) is 11.3 Å². The highest BCUT2D eigenvalue weighted by Crippen LogP contribution is 2.20. The van der Waals surface area contributed by atoms with Crippen LogP contribution >= 0.6 is 0 Å². The molecule has 0 saturated carbocycles. The van der Waals surface area contributed by atoms with Gasteiger partial charge in [0.2, 0.25) is 0 Å². The van der Waals surface area contributed by atoms with Crippen LogP contribution in [-0.4, -0.2) is 17.0 Å². The smallest absolute Gasteiger partial charge is 0.158 e. The predicted molar refractivity (Wildman–Crippen MR) is 66.0 cm³/mol. The zero-order valence-corrected chi connectivity index (χ0v) is 9.70. The molecule has 5 heteroatoms. The highest BCUT2D eigenvalue weighted by atomic mass is 15.2. The van der Waals surface area contributed by atoms with Gasteiger partial charge in [-0.3, -0.25) is 0 Å². The monoisotopic (exact) mass is 235 g/mol. The molecule has 0 unspecified atom stereocenters. The summed E-state index contributed by atoms with van der Waals surface area (Å²) in [4.78, 5) is 9.93. The summed E-state index contributed by atoms with van der Waals surface area (Å²) in [6, 6.07) is 11.1. The molecular weight excluding hydrogens is 226 g/mol. The second-order valence-corrected chi connectivity index (χ2v) is 3.59. The number of benzene rings is 1. The molecule has 0 aliphatic rings. The highest BCUT2D eigenvalue weighted by Gasteiger charge is 2.05. The average Bonchev–Trinajstić information content (AvgIpc) is 2.47. The van der Waals surface area contributed by atoms with Crippen LogP contribution in [0.4, 0.5) is 11.5 Å². The minimum atomic E-state index is 0.284. The third kappa shape index (κ3) is 2.26. The first-order chi connectivity index (χ1) is 8.74. The molecule has 0 bridgehead atoms. The van der Waals surface area contributed by atoms with Crippen LogP contribution in [0.15, 0.2) is 36.7 Å². The van der Waals surface area contributed by atoms with Crippen LogP contribution in [0.5, 0.6) is 0 Å². The molecule has 1 aromatic heterocycles. The fourth-order valence-corrected chi connectivity index (χ4v) is 1.44. The van der Waals surface area contributed by atoms with Crippen molar-refractivity contribution in [1.82, 2.24) is 9.97 Å². The second-order valence-electron chi connectivity index (χ2n) is 3.59. The van der Waals surface area contributed by atoms with Gasteiger partial charge >= 0.3 is 0 Å². The van der Waals surface area contributed by atoms with Gasteiger partial charge in [-0.15, -0.1) is 0 Å². The van der Waals surface area contributed by atoms with E-state index in [0.717, 1.165) is 5.69 Å². The van der Waals surface area contributed by atoms with Crippen molar-refractivity contribution in [3.05, 3.63) is 47.9 Å². The van der Waals surface area contributed by atoms with E-state index in [2.05, 4.69) is 16.0 Å². The van der Waals surface area contributed by atoms with Crippen molar-refractivity contribution >= 4 is 11.5 Å². The summed E-state index contributed by atoms with van der Waals surface area (Å²) < 4.78 is 0. The van der Waals surface area contributed by atoms with E-state index in [-0.39, 0.29) is 5.69 Å². The normalized spacial score (nSPS) is 9.28. The Kier molecular flexibility index (Phi) is 3.17. The lowest BCUT2D eigenvalue weighted by Crippen LogP contribution is -2.11. The van der Waals surface area contributed by atoms with E-state index in [0.29, 0.717) is 11.4 Å². The summed E-state index contributed by atoms with van der Waals surface area (Å²) in [5.74, 6) is 0.638. The van der Waals surface area contributed by atoms with Crippen LogP contribution in [0.2, 0.25) is 0 Å². The van der Waals surface area contributed by atoms with Crippen molar-refractivity contribution in [2.75, 3.05) is 11.9 Å². The number of hydrogen-bond acceptors (Lipinski definition) is 5. The molecule has 5 nitrogen and oxygen atoms in total. The average molecular weight is 235 g/mol. The summed E-state index contributed by atoms with van der Waals surface area (Å²) in [7, 11) is 1.84. The predicted octanol–water partition coefficient (Wildman–Crippen LogP) is 1.99. The number of rotatable bonds is 2. The molecule has 0 aliphatic heterocycles. The summed E-state index contributed by atoms with van der Waals surface area (Å²) >= 11 is 0. The summed E-state index contributed by atoms with van der Waals surface area (Å²) in [6.07, 6.45) is 2.96. The van der Waals surface area contributed by atoms with Gasteiger partial charge in [0.05, 0.1) is 24.0 Å². The van der Waals surface area contributed by atoms with E-state index in [1.807, 2.05) is 30.1 Å². The molecule has 1 aromatic carbocycles. The Balaban J connectivity index is 2.27. The van der Waals surface area contributed by atoms with Crippen molar-refractivity contribution in [2.24, 2.45) is 0 Å². The van der Waals surface area contributed by atoms with Gasteiger partial charge in [0, 0.05) is 12.7 Å². The molecule has 2 rings (SSSR count). The Labute approximate surface area is 105 Å². The first-order valence-corrected chi connectivity index (χ1v) is 5.20. The topological polar surface area (TPSA) is 76.6 Å². The zero-order valence-electron chi connectivity index (χ0n) is 9.70. The highest BCUT2D eigenvalue weighted by molar-refractivity contribution is 5.59. The van der Waals surface area contributed by atoms with E-state index < -0.39 is 0 Å². The number of aromatic nitrogens is 2. The SMILES string of the molecule is CN(c1ccc(C#N)cc1)c1cnc(C#N)cn1. The van der Waals surface area contributed by atoms with E-state index in [1.165, 1.54) is 12.4 Å². The standard InChI is InChI=1S/C13H9N5/c1-18(12-4-2-10(6-14)3-5-12)13-9-16-11(7-15)8-17-13/h2-5,8-9H,1H3. The molecule has 0 aliphatic carbocycles. The molecule has 0 spiro atoms. The van der Waals surface area contributed by atoms with Crippen molar-refractivity contribution in [3.8, 4) is 12.1 Å². The van der Waals surface area contributed by atoms with Crippen LogP contribution in [-0.2, 0) is 0 Å². The summed E-state index contributed by atoms with van der Waals surface area (Å²) in [5, 5.41) is 17.4. The van der Waals surface area contributed by atoms with Gasteiger partial charge in [-0.1, -0.05) is 0 Å². The maximum absolute atomic E-state index is 8.73. The van der Waals surface area contributed by atoms with Gasteiger partial charge in [0.15, 0.2) is 11.5 Å². The number of anilines is 2. The van der Waals surface area contributed by atoms with Gasteiger partial charge in [-0.25, -0.2) is 9.97 Å². The lowest BCUT2D eigenvalue weighted by molar-refractivity contribution is 1.07. The maximum Gasteiger partial charge on any atom is 0.158 e. The summed E-state index contributed by atoms with van der Waals surface area (Å²) in [6.45, 7) is 0.